The summed E-state index contributed by atoms with van der Waals surface area (Å²) in [4.78, 5) is 11.8. The molecule has 1 amide bonds. The van der Waals surface area contributed by atoms with E-state index < -0.39 is 0 Å². The van der Waals surface area contributed by atoms with Gasteiger partial charge in [-0.15, -0.1) is 0 Å². The van der Waals surface area contributed by atoms with E-state index in [-0.39, 0.29) is 12.7 Å². The van der Waals surface area contributed by atoms with Gasteiger partial charge in [0.05, 0.1) is 12.8 Å². The number of carbonyl (C=O) groups excluding carboxylic acids is 1. The van der Waals surface area contributed by atoms with E-state index in [4.69, 9.17) is 13.9 Å². The summed E-state index contributed by atoms with van der Waals surface area (Å²) in [5.41, 5.74) is 0.987. The van der Waals surface area contributed by atoms with Crippen LogP contribution < -0.4 is 20.1 Å². The summed E-state index contributed by atoms with van der Waals surface area (Å²) in [5, 5.41) is 6.04. The third kappa shape index (κ3) is 3.79. The zero-order valence-corrected chi connectivity index (χ0v) is 12.1. The van der Waals surface area contributed by atoms with Crippen molar-refractivity contribution in [1.29, 1.82) is 0 Å². The van der Waals surface area contributed by atoms with E-state index in [0.29, 0.717) is 26.1 Å². The molecule has 2 aromatic rings. The molecule has 6 heteroatoms. The third-order valence-corrected chi connectivity index (χ3v) is 3.33. The number of rotatable bonds is 7. The van der Waals surface area contributed by atoms with Crippen molar-refractivity contribution >= 4 is 5.91 Å². The number of hydrogen-bond donors (Lipinski definition) is 2. The number of ether oxygens (including phenoxy) is 2. The van der Waals surface area contributed by atoms with Crippen LogP contribution >= 0.6 is 0 Å². The minimum absolute atomic E-state index is 0.00427. The van der Waals surface area contributed by atoms with Gasteiger partial charge in [0, 0.05) is 19.5 Å². The van der Waals surface area contributed by atoms with Gasteiger partial charge < -0.3 is 24.5 Å². The van der Waals surface area contributed by atoms with E-state index in [1.54, 1.807) is 6.26 Å². The maximum absolute atomic E-state index is 11.8. The molecular formula is C16H18N2O4. The highest BCUT2D eigenvalue weighted by Gasteiger charge is 2.13. The zero-order valence-electron chi connectivity index (χ0n) is 12.1. The fourth-order valence-electron chi connectivity index (χ4n) is 2.17. The van der Waals surface area contributed by atoms with Gasteiger partial charge >= 0.3 is 0 Å². The Bertz CT molecular complexity index is 625. The van der Waals surface area contributed by atoms with Crippen molar-refractivity contribution in [2.24, 2.45) is 0 Å². The summed E-state index contributed by atoms with van der Waals surface area (Å²) >= 11 is 0. The lowest BCUT2D eigenvalue weighted by molar-refractivity contribution is -0.121. The van der Waals surface area contributed by atoms with Gasteiger partial charge in [-0.05, 0) is 29.8 Å². The Kier molecular flexibility index (Phi) is 4.60. The molecule has 0 atom stereocenters. The molecule has 0 aliphatic carbocycles. The quantitative estimate of drug-likeness (QED) is 0.763. The molecule has 22 heavy (non-hydrogen) atoms. The molecule has 0 unspecified atom stereocenters. The molecule has 1 aliphatic rings. The summed E-state index contributed by atoms with van der Waals surface area (Å²) in [7, 11) is 0. The average molecular weight is 302 g/mol. The molecule has 0 radical (unpaired) electrons. The molecule has 1 aliphatic heterocycles. The predicted octanol–water partition coefficient (Wildman–Crippen LogP) is 1.80. The molecular weight excluding hydrogens is 284 g/mol. The van der Waals surface area contributed by atoms with Gasteiger partial charge in [-0.2, -0.15) is 0 Å². The lowest BCUT2D eigenvalue weighted by Crippen LogP contribution is -2.27. The zero-order chi connectivity index (χ0) is 15.2. The molecule has 0 saturated carbocycles. The van der Waals surface area contributed by atoms with Crippen molar-refractivity contribution in [2.45, 2.75) is 19.5 Å². The van der Waals surface area contributed by atoms with Crippen LogP contribution in [0.25, 0.3) is 0 Å². The smallest absolute Gasteiger partial charge is 0.231 e. The molecule has 1 aromatic carbocycles. The number of benzene rings is 1. The lowest BCUT2D eigenvalue weighted by Gasteiger charge is -2.07. The molecule has 0 saturated heterocycles. The van der Waals surface area contributed by atoms with E-state index in [1.165, 1.54) is 0 Å². The van der Waals surface area contributed by atoms with E-state index in [2.05, 4.69) is 10.6 Å². The second-order valence-corrected chi connectivity index (χ2v) is 4.97. The number of amides is 1. The summed E-state index contributed by atoms with van der Waals surface area (Å²) < 4.78 is 15.8. The molecule has 0 spiro atoms. The van der Waals surface area contributed by atoms with Crippen molar-refractivity contribution in [3.8, 4) is 11.5 Å². The van der Waals surface area contributed by atoms with Crippen molar-refractivity contribution in [3.05, 3.63) is 47.9 Å². The molecule has 116 valence electrons. The van der Waals surface area contributed by atoms with Gasteiger partial charge in [-0.3, -0.25) is 4.79 Å². The average Bonchev–Trinajstić information content (AvgIpc) is 3.20. The van der Waals surface area contributed by atoms with Crippen LogP contribution in [0.2, 0.25) is 0 Å². The monoisotopic (exact) mass is 302 g/mol. The van der Waals surface area contributed by atoms with E-state index >= 15 is 0 Å². The molecule has 2 heterocycles. The van der Waals surface area contributed by atoms with E-state index in [0.717, 1.165) is 22.8 Å². The molecule has 0 fully saturated rings. The topological polar surface area (TPSA) is 72.7 Å². The fraction of sp³-hybridized carbons (Fsp3) is 0.312. The maximum Gasteiger partial charge on any atom is 0.231 e. The largest absolute Gasteiger partial charge is 0.468 e. The van der Waals surface area contributed by atoms with Gasteiger partial charge in [0.15, 0.2) is 11.5 Å². The highest BCUT2D eigenvalue weighted by molar-refractivity contribution is 5.76. The number of carbonyl (C=O) groups is 1. The first-order valence-electron chi connectivity index (χ1n) is 7.19. The molecule has 6 nitrogen and oxygen atoms in total. The minimum atomic E-state index is 0.00427. The van der Waals surface area contributed by atoms with Crippen LogP contribution in [0.4, 0.5) is 0 Å². The maximum atomic E-state index is 11.8. The van der Waals surface area contributed by atoms with Crippen molar-refractivity contribution in [1.82, 2.24) is 10.6 Å². The van der Waals surface area contributed by atoms with Crippen LogP contribution in [0.3, 0.4) is 0 Å². The highest BCUT2D eigenvalue weighted by Crippen LogP contribution is 2.32. The molecule has 1 aromatic heterocycles. The standard InChI is InChI=1S/C16H18N2O4/c19-16(5-6-17-10-13-2-1-7-20-13)18-9-12-3-4-14-15(8-12)22-11-21-14/h1-4,7-8,17H,5-6,9-11H2,(H,18,19). The van der Waals surface area contributed by atoms with Crippen LogP contribution in [-0.4, -0.2) is 19.2 Å². The van der Waals surface area contributed by atoms with Gasteiger partial charge in [0.25, 0.3) is 0 Å². The first kappa shape index (κ1) is 14.5. The van der Waals surface area contributed by atoms with Crippen molar-refractivity contribution in [3.63, 3.8) is 0 Å². The SMILES string of the molecule is O=C(CCNCc1ccco1)NCc1ccc2c(c1)OCO2. The molecule has 2 N–H and O–H groups in total. The number of nitrogens with one attached hydrogen (secondary N) is 2. The first-order valence-corrected chi connectivity index (χ1v) is 7.19. The Hall–Kier alpha value is -2.47. The first-order chi connectivity index (χ1) is 10.8. The van der Waals surface area contributed by atoms with Gasteiger partial charge in [0.2, 0.25) is 12.7 Å². The van der Waals surface area contributed by atoms with E-state index in [1.807, 2.05) is 30.3 Å². The Labute approximate surface area is 128 Å². The number of furan rings is 1. The number of fused-ring (bicyclic) bond motifs is 1. The van der Waals surface area contributed by atoms with Crippen LogP contribution in [0.15, 0.2) is 41.0 Å². The second-order valence-electron chi connectivity index (χ2n) is 4.97. The Morgan fingerprint density at radius 1 is 1.14 bits per heavy atom. The highest BCUT2D eigenvalue weighted by atomic mass is 16.7. The van der Waals surface area contributed by atoms with Gasteiger partial charge in [-0.1, -0.05) is 6.07 Å². The van der Waals surface area contributed by atoms with Gasteiger partial charge in [-0.25, -0.2) is 0 Å². The Morgan fingerprint density at radius 3 is 2.91 bits per heavy atom. The summed E-state index contributed by atoms with van der Waals surface area (Å²) in [6, 6.07) is 9.40. The van der Waals surface area contributed by atoms with Crippen LogP contribution in [0.5, 0.6) is 11.5 Å². The van der Waals surface area contributed by atoms with Crippen LogP contribution in [0.1, 0.15) is 17.7 Å². The Morgan fingerprint density at radius 2 is 2.05 bits per heavy atom. The Balaban J connectivity index is 1.35. The van der Waals surface area contributed by atoms with Crippen molar-refractivity contribution < 1.29 is 18.7 Å². The molecule has 0 bridgehead atoms. The van der Waals surface area contributed by atoms with Crippen LogP contribution in [0, 0.1) is 0 Å². The fourth-order valence-corrected chi connectivity index (χ4v) is 2.17. The summed E-state index contributed by atoms with van der Waals surface area (Å²) in [6.45, 7) is 1.97. The number of hydrogen-bond acceptors (Lipinski definition) is 5. The van der Waals surface area contributed by atoms with Crippen LogP contribution in [-0.2, 0) is 17.9 Å². The summed E-state index contributed by atoms with van der Waals surface area (Å²) in [5.74, 6) is 2.34. The lowest BCUT2D eigenvalue weighted by atomic mass is 10.2. The van der Waals surface area contributed by atoms with Gasteiger partial charge in [0.1, 0.15) is 5.76 Å². The summed E-state index contributed by atoms with van der Waals surface area (Å²) in [6.07, 6.45) is 2.06. The van der Waals surface area contributed by atoms with E-state index in [9.17, 15) is 4.79 Å². The minimum Gasteiger partial charge on any atom is -0.468 e. The van der Waals surface area contributed by atoms with Crippen molar-refractivity contribution in [2.75, 3.05) is 13.3 Å². The second kappa shape index (κ2) is 7.00. The normalized spacial score (nSPS) is 12.4. The third-order valence-electron chi connectivity index (χ3n) is 3.33. The predicted molar refractivity (Wildman–Crippen MR) is 79.4 cm³/mol. The molecule has 3 rings (SSSR count).